The van der Waals surface area contributed by atoms with Crippen LogP contribution in [0.5, 0.6) is 0 Å². The van der Waals surface area contributed by atoms with Crippen molar-refractivity contribution >= 4 is 11.2 Å². The molecule has 0 saturated heterocycles. The smallest absolute Gasteiger partial charge is 0.333 e. The van der Waals surface area contributed by atoms with Crippen molar-refractivity contribution in [2.45, 2.75) is 25.9 Å². The van der Waals surface area contributed by atoms with E-state index in [0.717, 1.165) is 0 Å². The van der Waals surface area contributed by atoms with Crippen molar-refractivity contribution in [3.8, 4) is 0 Å². The summed E-state index contributed by atoms with van der Waals surface area (Å²) in [7, 11) is 3.34. The molecule has 8 heteroatoms. The predicted octanol–water partition coefficient (Wildman–Crippen LogP) is -0.547. The third kappa shape index (κ3) is 2.64. The fraction of sp³-hybridized carbons (Fsp3) is 0.615. The number of ether oxygens (including phenoxy) is 1. The summed E-state index contributed by atoms with van der Waals surface area (Å²) in [5, 5.41) is 0. The maximum absolute atomic E-state index is 12.6. The molecule has 0 bridgehead atoms. The summed E-state index contributed by atoms with van der Waals surface area (Å²) < 4.78 is 9.36. The van der Waals surface area contributed by atoms with Crippen LogP contribution < -0.4 is 17.0 Å². The van der Waals surface area contributed by atoms with Crippen LogP contribution in [-0.2, 0) is 18.3 Å². The van der Waals surface area contributed by atoms with E-state index in [-0.39, 0.29) is 23.8 Å². The van der Waals surface area contributed by atoms with E-state index in [4.69, 9.17) is 10.5 Å². The molecule has 0 aliphatic rings. The Morgan fingerprint density at radius 1 is 1.43 bits per heavy atom. The third-order valence-electron chi connectivity index (χ3n) is 3.54. The van der Waals surface area contributed by atoms with Gasteiger partial charge in [0.1, 0.15) is 0 Å². The van der Waals surface area contributed by atoms with Crippen molar-refractivity contribution in [3.05, 3.63) is 27.2 Å². The second kappa shape index (κ2) is 6.23. The molecule has 0 amide bonds. The zero-order chi connectivity index (χ0) is 15.6. The molecule has 0 aromatic carbocycles. The molecule has 8 nitrogen and oxygen atoms in total. The number of fused-ring (bicyclic) bond motifs is 1. The van der Waals surface area contributed by atoms with Crippen LogP contribution in [0.15, 0.2) is 15.9 Å². The average molecular weight is 295 g/mol. The lowest BCUT2D eigenvalue weighted by atomic mass is 10.3. The summed E-state index contributed by atoms with van der Waals surface area (Å²) in [5.41, 5.74) is 5.71. The second-order valence-corrected chi connectivity index (χ2v) is 5.07. The fourth-order valence-corrected chi connectivity index (χ4v) is 2.35. The van der Waals surface area contributed by atoms with Crippen molar-refractivity contribution in [3.63, 3.8) is 0 Å². The van der Waals surface area contributed by atoms with Crippen molar-refractivity contribution in [2.75, 3.05) is 20.3 Å². The Morgan fingerprint density at radius 3 is 2.76 bits per heavy atom. The summed E-state index contributed by atoms with van der Waals surface area (Å²) in [4.78, 5) is 29.3. The van der Waals surface area contributed by atoms with Crippen molar-refractivity contribution in [1.29, 1.82) is 0 Å². The van der Waals surface area contributed by atoms with E-state index in [9.17, 15) is 9.59 Å². The summed E-state index contributed by atoms with van der Waals surface area (Å²) in [6.45, 7) is 2.95. The van der Waals surface area contributed by atoms with Gasteiger partial charge in [-0.25, -0.2) is 9.78 Å². The number of aromatic nitrogens is 4. The first-order valence-electron chi connectivity index (χ1n) is 6.88. The van der Waals surface area contributed by atoms with Crippen LogP contribution in [-0.4, -0.2) is 38.9 Å². The Hall–Kier alpha value is -1.93. The first-order chi connectivity index (χ1) is 10.0. The Kier molecular flexibility index (Phi) is 4.59. The lowest BCUT2D eigenvalue weighted by molar-refractivity contribution is 0.190. The lowest BCUT2D eigenvalue weighted by Gasteiger charge is -2.15. The number of rotatable bonds is 6. The summed E-state index contributed by atoms with van der Waals surface area (Å²) >= 11 is 0. The first kappa shape index (κ1) is 15.5. The number of aryl methyl sites for hydroxylation is 2. The molecule has 21 heavy (non-hydrogen) atoms. The van der Waals surface area contributed by atoms with Crippen LogP contribution in [0, 0.1) is 0 Å². The minimum Gasteiger partial charge on any atom is -0.385 e. The Balaban J connectivity index is 2.71. The fourth-order valence-electron chi connectivity index (χ4n) is 2.35. The Labute approximate surface area is 121 Å². The van der Waals surface area contributed by atoms with Crippen LogP contribution in [0.1, 0.15) is 19.4 Å². The van der Waals surface area contributed by atoms with Crippen molar-refractivity contribution < 1.29 is 4.74 Å². The molecular weight excluding hydrogens is 274 g/mol. The van der Waals surface area contributed by atoms with Gasteiger partial charge in [0, 0.05) is 33.9 Å². The molecule has 0 fully saturated rings. The predicted molar refractivity (Wildman–Crippen MR) is 79.5 cm³/mol. The molecule has 2 rings (SSSR count). The van der Waals surface area contributed by atoms with Crippen LogP contribution in [0.4, 0.5) is 0 Å². The molecule has 2 aromatic heterocycles. The summed E-state index contributed by atoms with van der Waals surface area (Å²) in [5.74, 6) is 0. The maximum atomic E-state index is 12.6. The molecule has 0 aliphatic carbocycles. The highest BCUT2D eigenvalue weighted by atomic mass is 16.5. The van der Waals surface area contributed by atoms with Gasteiger partial charge in [-0.2, -0.15) is 0 Å². The molecule has 0 aliphatic heterocycles. The quantitative estimate of drug-likeness (QED) is 0.721. The second-order valence-electron chi connectivity index (χ2n) is 5.07. The normalized spacial score (nSPS) is 13.0. The largest absolute Gasteiger partial charge is 0.385 e. The van der Waals surface area contributed by atoms with Gasteiger partial charge in [0.2, 0.25) is 0 Å². The highest BCUT2D eigenvalue weighted by molar-refractivity contribution is 5.69. The standard InChI is InChI=1S/C13H21N5O3/c1-9(7-14)18-12(19)10-11(15-8-16(10)2)17(13(18)20)5-4-6-21-3/h8-9H,4-7,14H2,1-3H3. The van der Waals surface area contributed by atoms with Crippen LogP contribution >= 0.6 is 0 Å². The number of nitrogens with two attached hydrogens (primary N) is 1. The molecule has 2 heterocycles. The maximum Gasteiger partial charge on any atom is 0.333 e. The van der Waals surface area contributed by atoms with Crippen molar-refractivity contribution in [1.82, 2.24) is 18.7 Å². The first-order valence-corrected chi connectivity index (χ1v) is 6.88. The van der Waals surface area contributed by atoms with E-state index in [1.54, 1.807) is 25.6 Å². The van der Waals surface area contributed by atoms with Gasteiger partial charge in [-0.3, -0.25) is 13.9 Å². The minimum absolute atomic E-state index is 0.219. The van der Waals surface area contributed by atoms with Crippen LogP contribution in [0.2, 0.25) is 0 Å². The van der Waals surface area contributed by atoms with Gasteiger partial charge in [0.15, 0.2) is 11.2 Å². The molecule has 0 spiro atoms. The highest BCUT2D eigenvalue weighted by Gasteiger charge is 2.19. The van der Waals surface area contributed by atoms with E-state index in [0.29, 0.717) is 30.7 Å². The number of hydrogen-bond donors (Lipinski definition) is 1. The molecule has 2 aromatic rings. The van der Waals surface area contributed by atoms with Gasteiger partial charge < -0.3 is 15.0 Å². The number of methoxy groups -OCH3 is 1. The summed E-state index contributed by atoms with van der Waals surface area (Å²) in [6, 6.07) is -0.363. The third-order valence-corrected chi connectivity index (χ3v) is 3.54. The Morgan fingerprint density at radius 2 is 2.14 bits per heavy atom. The minimum atomic E-state index is -0.375. The van der Waals surface area contributed by atoms with E-state index >= 15 is 0 Å². The summed E-state index contributed by atoms with van der Waals surface area (Å²) in [6.07, 6.45) is 2.20. The van der Waals surface area contributed by atoms with E-state index in [1.165, 1.54) is 15.5 Å². The number of imidazole rings is 1. The van der Waals surface area contributed by atoms with Crippen LogP contribution in [0.25, 0.3) is 11.2 Å². The van der Waals surface area contributed by atoms with Crippen LogP contribution in [0.3, 0.4) is 0 Å². The highest BCUT2D eigenvalue weighted by Crippen LogP contribution is 2.07. The van der Waals surface area contributed by atoms with Gasteiger partial charge in [0.05, 0.1) is 12.4 Å². The monoisotopic (exact) mass is 295 g/mol. The van der Waals surface area contributed by atoms with Gasteiger partial charge >= 0.3 is 5.69 Å². The molecule has 2 N–H and O–H groups in total. The zero-order valence-electron chi connectivity index (χ0n) is 12.6. The number of nitrogens with zero attached hydrogens (tertiary/aromatic N) is 4. The van der Waals surface area contributed by atoms with E-state index in [1.807, 2.05) is 0 Å². The molecule has 0 saturated carbocycles. The molecular formula is C13H21N5O3. The van der Waals surface area contributed by atoms with E-state index < -0.39 is 0 Å². The lowest BCUT2D eigenvalue weighted by Crippen LogP contribution is -2.44. The average Bonchev–Trinajstić information content (AvgIpc) is 2.84. The Bertz CT molecular complexity index is 743. The molecule has 1 atom stereocenters. The van der Waals surface area contributed by atoms with Gasteiger partial charge in [-0.1, -0.05) is 0 Å². The van der Waals surface area contributed by atoms with Crippen molar-refractivity contribution in [2.24, 2.45) is 12.8 Å². The number of hydrogen-bond acceptors (Lipinski definition) is 5. The molecule has 1 unspecified atom stereocenters. The molecule has 0 radical (unpaired) electrons. The van der Waals surface area contributed by atoms with Gasteiger partial charge in [0.25, 0.3) is 5.56 Å². The molecule has 116 valence electrons. The topological polar surface area (TPSA) is 97.1 Å². The SMILES string of the molecule is COCCCn1c(=O)n(C(C)CN)c(=O)c2c1ncn2C. The zero-order valence-corrected chi connectivity index (χ0v) is 12.6. The van der Waals surface area contributed by atoms with E-state index in [2.05, 4.69) is 4.98 Å². The van der Waals surface area contributed by atoms with Gasteiger partial charge in [-0.05, 0) is 13.3 Å². The van der Waals surface area contributed by atoms with Gasteiger partial charge in [-0.15, -0.1) is 0 Å².